The first-order valence-electron chi connectivity index (χ1n) is 7.70. The Bertz CT molecular complexity index is 1240. The van der Waals surface area contributed by atoms with E-state index < -0.39 is 5.20 Å². The van der Waals surface area contributed by atoms with E-state index >= 15 is 0 Å². The van der Waals surface area contributed by atoms with Crippen LogP contribution in [0.15, 0.2) is 65.7 Å². The Balaban J connectivity index is 0.000000170. The van der Waals surface area contributed by atoms with Crippen molar-refractivity contribution in [2.45, 2.75) is 0 Å². The molecule has 4 aromatic rings. The van der Waals surface area contributed by atoms with Gasteiger partial charge in [0, 0.05) is 41.9 Å². The monoisotopic (exact) mass is 712 g/mol. The smallest absolute Gasteiger partial charge is 0.339 e. The third kappa shape index (κ3) is 8.89. The quantitative estimate of drug-likeness (QED) is 0.147. The topological polar surface area (TPSA) is 62.8 Å². The lowest BCUT2D eigenvalue weighted by molar-refractivity contribution is 0.600. The summed E-state index contributed by atoms with van der Waals surface area (Å²) in [6, 6.07) is 15.1. The summed E-state index contributed by atoms with van der Waals surface area (Å²) in [6.45, 7) is 0. The Morgan fingerprint density at radius 2 is 1.48 bits per heavy atom. The highest BCUT2D eigenvalue weighted by Crippen LogP contribution is 2.61. The lowest BCUT2D eigenvalue weighted by atomic mass is 10.2. The number of benzene rings is 2. The van der Waals surface area contributed by atoms with Gasteiger partial charge in [-0.05, 0) is 121 Å². The molecule has 0 amide bonds. The van der Waals surface area contributed by atoms with Gasteiger partial charge in [-0.2, -0.15) is 0 Å². The average Bonchev–Trinajstić information content (AvgIpc) is 2.63. The zero-order valence-electron chi connectivity index (χ0n) is 14.3. The fraction of sp³-hybridized carbons (Fsp3) is 0. The maximum atomic E-state index is 11.3. The number of fused-ring (bicyclic) bond motifs is 2. The van der Waals surface area contributed by atoms with Crippen molar-refractivity contribution in [3.8, 4) is 0 Å². The minimum Gasteiger partial charge on any atom is -0.361 e. The molecule has 0 unspecified atom stereocenters. The van der Waals surface area contributed by atoms with E-state index in [1.165, 1.54) is 3.57 Å². The van der Waals surface area contributed by atoms with Crippen LogP contribution in [0.2, 0.25) is 5.02 Å². The summed E-state index contributed by atoms with van der Waals surface area (Å²) in [7, 11) is 0. The lowest BCUT2D eigenvalue weighted by Gasteiger charge is -1.98. The van der Waals surface area contributed by atoms with Gasteiger partial charge in [-0.1, -0.05) is 11.6 Å². The number of H-pyrrole nitrogens is 1. The van der Waals surface area contributed by atoms with Crippen molar-refractivity contribution in [2.24, 2.45) is 0 Å². The van der Waals surface area contributed by atoms with Crippen LogP contribution in [0.25, 0.3) is 21.8 Å². The Morgan fingerprint density at radius 3 is 2.14 bits per heavy atom. The van der Waals surface area contributed by atoms with E-state index in [4.69, 9.17) is 11.6 Å². The summed E-state index contributed by atoms with van der Waals surface area (Å²) in [5, 5.41) is -0.686. The van der Waals surface area contributed by atoms with Crippen molar-refractivity contribution in [1.82, 2.24) is 9.97 Å². The molecule has 1 N–H and O–H groups in total. The standard InChI is InChI=1S/C9H5ClIN.C9H6INO.Cl3OP/c10-8-3-4-12-9-2-1-6(11)5-7(8)9;10-6-1-2-8-7(5-6)9(12)3-4-11-8;1-5(2,3)4/h1-5H;1-5H,(H,11,12);. The molecule has 0 spiro atoms. The maximum Gasteiger partial charge on any atom is 0.339 e. The molecule has 0 saturated heterocycles. The van der Waals surface area contributed by atoms with E-state index in [9.17, 15) is 9.36 Å². The summed E-state index contributed by atoms with van der Waals surface area (Å²) in [5.41, 5.74) is 1.91. The van der Waals surface area contributed by atoms with Crippen LogP contribution in [0.5, 0.6) is 0 Å². The molecule has 4 rings (SSSR count). The fourth-order valence-corrected chi connectivity index (χ4v) is 3.42. The van der Waals surface area contributed by atoms with E-state index in [1.54, 1.807) is 24.5 Å². The van der Waals surface area contributed by atoms with E-state index in [1.807, 2.05) is 36.4 Å². The third-order valence-corrected chi connectivity index (χ3v) is 5.04. The Kier molecular flexibility index (Phi) is 9.99. The molecule has 0 fully saturated rings. The number of hydrogen-bond donors (Lipinski definition) is 1. The van der Waals surface area contributed by atoms with Gasteiger partial charge in [0.15, 0.2) is 5.43 Å². The summed E-state index contributed by atoms with van der Waals surface area (Å²) < 4.78 is 11.8. The van der Waals surface area contributed by atoms with Gasteiger partial charge in [0.2, 0.25) is 0 Å². The maximum absolute atomic E-state index is 11.3. The normalized spacial score (nSPS) is 10.7. The second kappa shape index (κ2) is 11.5. The second-order valence-electron chi connectivity index (χ2n) is 5.38. The zero-order valence-corrected chi connectivity index (χ0v) is 22.5. The van der Waals surface area contributed by atoms with Crippen LogP contribution in [-0.4, -0.2) is 9.97 Å². The Labute approximate surface area is 213 Å². The van der Waals surface area contributed by atoms with E-state index in [-0.39, 0.29) is 5.43 Å². The van der Waals surface area contributed by atoms with E-state index in [0.717, 1.165) is 30.4 Å². The molecule has 2 aromatic carbocycles. The molecule has 2 heterocycles. The summed E-state index contributed by atoms with van der Waals surface area (Å²) >= 11 is 24.3. The van der Waals surface area contributed by atoms with Crippen molar-refractivity contribution in [1.29, 1.82) is 0 Å². The van der Waals surface area contributed by atoms with Gasteiger partial charge in [0.05, 0.1) is 10.5 Å². The van der Waals surface area contributed by atoms with Crippen LogP contribution < -0.4 is 5.43 Å². The molecule has 0 bridgehead atoms. The molecule has 0 atom stereocenters. The third-order valence-electron chi connectivity index (χ3n) is 3.37. The van der Waals surface area contributed by atoms with Crippen LogP contribution in [-0.2, 0) is 4.57 Å². The first-order chi connectivity index (χ1) is 13.5. The molecule has 29 heavy (non-hydrogen) atoms. The van der Waals surface area contributed by atoms with Gasteiger partial charge in [-0.25, -0.2) is 0 Å². The minimum atomic E-state index is -3.22. The lowest BCUT2D eigenvalue weighted by Crippen LogP contribution is -1.99. The van der Waals surface area contributed by atoms with Gasteiger partial charge < -0.3 is 4.98 Å². The van der Waals surface area contributed by atoms with Crippen molar-refractivity contribution in [2.75, 3.05) is 0 Å². The minimum absolute atomic E-state index is 0.0715. The van der Waals surface area contributed by atoms with Crippen molar-refractivity contribution >= 4 is 118 Å². The highest BCUT2D eigenvalue weighted by Gasteiger charge is 2.03. The number of hydrogen-bond acceptors (Lipinski definition) is 3. The predicted molar refractivity (Wildman–Crippen MR) is 142 cm³/mol. The van der Waals surface area contributed by atoms with Crippen molar-refractivity contribution < 1.29 is 4.57 Å². The summed E-state index contributed by atoms with van der Waals surface area (Å²) in [5.74, 6) is 0. The molecule has 0 aliphatic heterocycles. The molecule has 0 radical (unpaired) electrons. The van der Waals surface area contributed by atoms with Crippen LogP contribution in [0.4, 0.5) is 0 Å². The number of halogens is 6. The summed E-state index contributed by atoms with van der Waals surface area (Å²) in [4.78, 5) is 18.5. The molecule has 11 heteroatoms. The molecular weight excluding hydrogens is 703 g/mol. The predicted octanol–water partition coefficient (Wildman–Crippen LogP) is 8.44. The molecular formula is C18H11Cl4I2N2O2P. The first kappa shape index (κ1) is 25.2. The number of nitrogens with one attached hydrogen (secondary N) is 1. The van der Waals surface area contributed by atoms with Crippen molar-refractivity contribution in [3.05, 3.63) is 83.3 Å². The first-order valence-corrected chi connectivity index (χ1v) is 14.7. The molecule has 152 valence electrons. The van der Waals surface area contributed by atoms with Gasteiger partial charge in [0.1, 0.15) is 0 Å². The molecule has 0 saturated carbocycles. The van der Waals surface area contributed by atoms with Gasteiger partial charge >= 0.3 is 5.20 Å². The number of aromatic amines is 1. The highest BCUT2D eigenvalue weighted by molar-refractivity contribution is 14.1. The van der Waals surface area contributed by atoms with Crippen LogP contribution >= 0.6 is 95.7 Å². The average molecular weight is 714 g/mol. The van der Waals surface area contributed by atoms with Crippen molar-refractivity contribution in [3.63, 3.8) is 0 Å². The van der Waals surface area contributed by atoms with Crippen LogP contribution in [0.3, 0.4) is 0 Å². The summed E-state index contributed by atoms with van der Waals surface area (Å²) in [6.07, 6.45) is 3.38. The van der Waals surface area contributed by atoms with Gasteiger partial charge in [-0.3, -0.25) is 14.3 Å². The second-order valence-corrected chi connectivity index (χ2v) is 14.9. The van der Waals surface area contributed by atoms with Crippen LogP contribution in [0.1, 0.15) is 0 Å². The molecule has 0 aliphatic carbocycles. The van der Waals surface area contributed by atoms with Gasteiger partial charge in [-0.15, -0.1) is 0 Å². The number of pyridine rings is 2. The zero-order chi connectivity index (χ0) is 21.6. The Morgan fingerprint density at radius 1 is 0.897 bits per heavy atom. The Hall–Kier alpha value is -0.0900. The largest absolute Gasteiger partial charge is 0.361 e. The highest BCUT2D eigenvalue weighted by atomic mass is 127. The SMILES string of the molecule is Clc1ccnc2ccc(I)cc12.O=P(Cl)(Cl)Cl.O=c1cc[nH]c2ccc(I)cc12. The molecule has 4 nitrogen and oxygen atoms in total. The molecule has 2 aromatic heterocycles. The van der Waals surface area contributed by atoms with Crippen LogP contribution in [0, 0.1) is 7.14 Å². The van der Waals surface area contributed by atoms with E-state index in [2.05, 4.69) is 88.9 Å². The fourth-order valence-electron chi connectivity index (χ4n) is 2.23. The number of rotatable bonds is 0. The number of nitrogens with zero attached hydrogens (tertiary/aromatic N) is 1. The molecule has 0 aliphatic rings. The van der Waals surface area contributed by atoms with E-state index in [0.29, 0.717) is 0 Å². The van der Waals surface area contributed by atoms with Gasteiger partial charge in [0.25, 0.3) is 0 Å². The number of aromatic nitrogens is 2.